The van der Waals surface area contributed by atoms with Crippen LogP contribution in [0.2, 0.25) is 0 Å². The van der Waals surface area contributed by atoms with Gasteiger partial charge in [-0.15, -0.1) is 0 Å². The van der Waals surface area contributed by atoms with Crippen molar-refractivity contribution < 1.29 is 22.4 Å². The number of nitrogens with one attached hydrogen (secondary N) is 1. The van der Waals surface area contributed by atoms with Crippen LogP contribution in [0.1, 0.15) is 24.0 Å². The molecule has 1 N–H and O–H groups in total. The van der Waals surface area contributed by atoms with Crippen molar-refractivity contribution in [1.29, 1.82) is 0 Å². The van der Waals surface area contributed by atoms with Crippen LogP contribution in [0.3, 0.4) is 0 Å². The summed E-state index contributed by atoms with van der Waals surface area (Å²) < 4.78 is 55.1. The van der Waals surface area contributed by atoms with E-state index >= 15 is 0 Å². The van der Waals surface area contributed by atoms with Crippen molar-refractivity contribution in [2.24, 2.45) is 0 Å². The van der Waals surface area contributed by atoms with Gasteiger partial charge in [-0.25, -0.2) is 22.4 Å². The maximum absolute atomic E-state index is 14.2. The summed E-state index contributed by atoms with van der Waals surface area (Å²) in [6.07, 6.45) is 1.38. The Bertz CT molecular complexity index is 1240. The van der Waals surface area contributed by atoms with Crippen LogP contribution in [0.15, 0.2) is 60.7 Å². The molecule has 5 rings (SSSR count). The predicted octanol–water partition coefficient (Wildman–Crippen LogP) is 5.83. The minimum Gasteiger partial charge on any atom is -0.305 e. The van der Waals surface area contributed by atoms with Gasteiger partial charge in [0.1, 0.15) is 23.3 Å². The van der Waals surface area contributed by atoms with Gasteiger partial charge < -0.3 is 5.32 Å². The standard InChI is InChI=1S/C26H23F4N3O/c27-18-3-1-2-17(12-18)15-32-10-8-26(9-11-32)16-33(24-7-5-19(28)13-21(24)26)25(34)31-23-6-4-20(29)14-22(23)30/h1-7,12-14H,8-11,15-16H2,(H,31,34). The summed E-state index contributed by atoms with van der Waals surface area (Å²) in [5.74, 6) is -2.26. The highest BCUT2D eigenvalue weighted by Crippen LogP contribution is 2.47. The molecule has 0 bridgehead atoms. The van der Waals surface area contributed by atoms with Gasteiger partial charge >= 0.3 is 6.03 Å². The first kappa shape index (κ1) is 22.4. The van der Waals surface area contributed by atoms with Gasteiger partial charge in [-0.2, -0.15) is 0 Å². The second kappa shape index (κ2) is 8.76. The average molecular weight is 469 g/mol. The van der Waals surface area contributed by atoms with Gasteiger partial charge in [0.25, 0.3) is 0 Å². The van der Waals surface area contributed by atoms with Crippen molar-refractivity contribution in [3.63, 3.8) is 0 Å². The molecule has 3 aromatic rings. The van der Waals surface area contributed by atoms with Gasteiger partial charge in [-0.1, -0.05) is 12.1 Å². The third kappa shape index (κ3) is 4.25. The van der Waals surface area contributed by atoms with E-state index in [9.17, 15) is 22.4 Å². The van der Waals surface area contributed by atoms with E-state index in [0.29, 0.717) is 50.8 Å². The highest BCUT2D eigenvalue weighted by Gasteiger charge is 2.46. The average Bonchev–Trinajstić information content (AvgIpc) is 3.11. The van der Waals surface area contributed by atoms with E-state index in [1.165, 1.54) is 35.2 Å². The van der Waals surface area contributed by atoms with Crippen LogP contribution in [0, 0.1) is 23.3 Å². The lowest BCUT2D eigenvalue weighted by atomic mass is 9.74. The van der Waals surface area contributed by atoms with E-state index < -0.39 is 23.1 Å². The number of halogens is 4. The Morgan fingerprint density at radius 2 is 1.59 bits per heavy atom. The lowest BCUT2D eigenvalue weighted by molar-refractivity contribution is 0.159. The van der Waals surface area contributed by atoms with Gasteiger partial charge in [0.15, 0.2) is 0 Å². The van der Waals surface area contributed by atoms with E-state index in [-0.39, 0.29) is 17.3 Å². The van der Waals surface area contributed by atoms with Gasteiger partial charge in [0, 0.05) is 30.3 Å². The van der Waals surface area contributed by atoms with Crippen molar-refractivity contribution >= 4 is 17.4 Å². The molecule has 176 valence electrons. The first-order chi connectivity index (χ1) is 16.3. The van der Waals surface area contributed by atoms with Gasteiger partial charge in [-0.3, -0.25) is 9.80 Å². The molecule has 0 aromatic heterocycles. The fraction of sp³-hybridized carbons (Fsp3) is 0.269. The van der Waals surface area contributed by atoms with E-state index in [2.05, 4.69) is 10.2 Å². The largest absolute Gasteiger partial charge is 0.326 e. The number of fused-ring (bicyclic) bond motifs is 2. The van der Waals surface area contributed by atoms with Crippen LogP contribution >= 0.6 is 0 Å². The quantitative estimate of drug-likeness (QED) is 0.490. The van der Waals surface area contributed by atoms with Crippen LogP contribution in [-0.4, -0.2) is 30.6 Å². The number of nitrogens with zero attached hydrogens (tertiary/aromatic N) is 2. The molecule has 0 radical (unpaired) electrons. The number of hydrogen-bond acceptors (Lipinski definition) is 2. The molecular weight excluding hydrogens is 446 g/mol. The van der Waals surface area contributed by atoms with E-state index in [4.69, 9.17) is 0 Å². The summed E-state index contributed by atoms with van der Waals surface area (Å²) in [5, 5.41) is 2.51. The third-order valence-electron chi connectivity index (χ3n) is 6.81. The van der Waals surface area contributed by atoms with Gasteiger partial charge in [0.2, 0.25) is 0 Å². The molecule has 0 atom stereocenters. The van der Waals surface area contributed by atoms with Gasteiger partial charge in [0.05, 0.1) is 5.69 Å². The van der Waals surface area contributed by atoms with Crippen LogP contribution < -0.4 is 10.2 Å². The minimum atomic E-state index is -0.868. The Kier molecular flexibility index (Phi) is 5.77. The van der Waals surface area contributed by atoms with Crippen LogP contribution in [0.25, 0.3) is 0 Å². The van der Waals surface area contributed by atoms with Gasteiger partial charge in [-0.05, 0) is 79.5 Å². The molecule has 4 nitrogen and oxygen atoms in total. The highest BCUT2D eigenvalue weighted by atomic mass is 19.1. The number of benzene rings is 3. The molecule has 0 aliphatic carbocycles. The molecule has 1 saturated heterocycles. The predicted molar refractivity (Wildman–Crippen MR) is 122 cm³/mol. The van der Waals surface area contributed by atoms with E-state index in [1.807, 2.05) is 6.07 Å². The molecule has 3 aromatic carbocycles. The topological polar surface area (TPSA) is 35.6 Å². The zero-order valence-corrected chi connectivity index (χ0v) is 18.3. The van der Waals surface area contributed by atoms with Crippen molar-refractivity contribution in [3.8, 4) is 0 Å². The van der Waals surface area contributed by atoms with Crippen molar-refractivity contribution in [1.82, 2.24) is 4.90 Å². The fourth-order valence-electron chi connectivity index (χ4n) is 5.06. The monoisotopic (exact) mass is 469 g/mol. The lowest BCUT2D eigenvalue weighted by Gasteiger charge is -2.40. The van der Waals surface area contributed by atoms with Crippen molar-refractivity contribution in [3.05, 3.63) is 95.1 Å². The van der Waals surface area contributed by atoms with Crippen molar-refractivity contribution in [2.75, 3.05) is 29.9 Å². The Morgan fingerprint density at radius 1 is 0.882 bits per heavy atom. The fourth-order valence-corrected chi connectivity index (χ4v) is 5.06. The second-order valence-electron chi connectivity index (χ2n) is 8.99. The number of amides is 2. The number of urea groups is 1. The second-order valence-corrected chi connectivity index (χ2v) is 8.99. The molecule has 2 aliphatic heterocycles. The molecular formula is C26H23F4N3O. The molecule has 1 fully saturated rings. The Balaban J connectivity index is 1.35. The molecule has 1 spiro atoms. The molecule has 2 amide bonds. The Morgan fingerprint density at radius 3 is 2.32 bits per heavy atom. The highest BCUT2D eigenvalue weighted by molar-refractivity contribution is 6.03. The molecule has 2 heterocycles. The number of likely N-dealkylation sites (tertiary alicyclic amines) is 1. The number of carbonyl (C=O) groups is 1. The normalized spacial score (nSPS) is 17.1. The van der Waals surface area contributed by atoms with Crippen molar-refractivity contribution in [2.45, 2.75) is 24.8 Å². The summed E-state index contributed by atoms with van der Waals surface area (Å²) in [7, 11) is 0. The van der Waals surface area contributed by atoms with Crippen LogP contribution in [-0.2, 0) is 12.0 Å². The number of anilines is 2. The SMILES string of the molecule is O=C(Nc1ccc(F)cc1F)N1CC2(CCN(Cc3cccc(F)c3)CC2)c2cc(F)ccc21. The Hall–Kier alpha value is -3.39. The number of rotatable bonds is 3. The maximum atomic E-state index is 14.2. The maximum Gasteiger partial charge on any atom is 0.326 e. The first-order valence-electron chi connectivity index (χ1n) is 11.1. The lowest BCUT2D eigenvalue weighted by Crippen LogP contribution is -2.46. The Labute approximate surface area is 194 Å². The molecule has 0 unspecified atom stereocenters. The van der Waals surface area contributed by atoms with E-state index in [1.54, 1.807) is 12.1 Å². The summed E-state index contributed by atoms with van der Waals surface area (Å²) in [6, 6.07) is 13.2. The summed E-state index contributed by atoms with van der Waals surface area (Å²) in [4.78, 5) is 16.8. The number of carbonyl (C=O) groups excluding carboxylic acids is 1. The van der Waals surface area contributed by atoms with Crippen LogP contribution in [0.4, 0.5) is 33.7 Å². The zero-order valence-electron chi connectivity index (χ0n) is 18.3. The summed E-state index contributed by atoms with van der Waals surface area (Å²) in [5.41, 5.74) is 1.67. The third-order valence-corrected chi connectivity index (χ3v) is 6.81. The molecule has 8 heteroatoms. The summed E-state index contributed by atoms with van der Waals surface area (Å²) >= 11 is 0. The zero-order chi connectivity index (χ0) is 23.9. The number of hydrogen-bond donors (Lipinski definition) is 1. The smallest absolute Gasteiger partial charge is 0.305 e. The molecule has 2 aliphatic rings. The molecule has 34 heavy (non-hydrogen) atoms. The number of piperidine rings is 1. The minimum absolute atomic E-state index is 0.124. The summed E-state index contributed by atoms with van der Waals surface area (Å²) in [6.45, 7) is 2.34. The first-order valence-corrected chi connectivity index (χ1v) is 11.1. The van der Waals surface area contributed by atoms with E-state index in [0.717, 1.165) is 17.2 Å². The van der Waals surface area contributed by atoms with Crippen LogP contribution in [0.5, 0.6) is 0 Å². The molecule has 0 saturated carbocycles.